The largest absolute Gasteiger partial charge is 0.355 e. The minimum atomic E-state index is -0.429. The lowest BCUT2D eigenvalue weighted by Gasteiger charge is -2.13. The van der Waals surface area contributed by atoms with Gasteiger partial charge in [0.15, 0.2) is 0 Å². The highest BCUT2D eigenvalue weighted by Gasteiger charge is 2.20. The van der Waals surface area contributed by atoms with Crippen LogP contribution in [0.25, 0.3) is 0 Å². The number of hydrogen-bond acceptors (Lipinski definition) is 4. The summed E-state index contributed by atoms with van der Waals surface area (Å²) in [4.78, 5) is 34.7. The number of nitrogens with zero attached hydrogens (tertiary/aromatic N) is 1. The maximum absolute atomic E-state index is 12.0. The molecule has 1 aliphatic heterocycles. The van der Waals surface area contributed by atoms with E-state index in [1.807, 2.05) is 0 Å². The predicted molar refractivity (Wildman–Crippen MR) is 73.3 cm³/mol. The van der Waals surface area contributed by atoms with Gasteiger partial charge in [-0.1, -0.05) is 12.1 Å². The van der Waals surface area contributed by atoms with Gasteiger partial charge in [-0.25, -0.2) is 5.43 Å². The van der Waals surface area contributed by atoms with Crippen molar-refractivity contribution >= 4 is 29.1 Å². The van der Waals surface area contributed by atoms with E-state index in [2.05, 4.69) is 21.2 Å². The Kier molecular flexibility index (Phi) is 4.09. The van der Waals surface area contributed by atoms with Crippen LogP contribution in [0.2, 0.25) is 0 Å². The normalized spacial score (nSPS) is 14.1. The Balaban J connectivity index is 2.16. The number of para-hydroxylation sites is 1. The molecule has 1 aliphatic rings. The fourth-order valence-corrected chi connectivity index (χ4v) is 1.76. The monoisotopic (exact) mass is 274 g/mol. The summed E-state index contributed by atoms with van der Waals surface area (Å²) in [7, 11) is 1.52. The molecule has 0 fully saturated rings. The minimum absolute atomic E-state index is 0.215. The highest BCUT2D eigenvalue weighted by molar-refractivity contribution is 6.43. The second-order valence-corrected chi connectivity index (χ2v) is 4.17. The van der Waals surface area contributed by atoms with Crippen molar-refractivity contribution in [3.63, 3.8) is 0 Å². The molecule has 0 saturated carbocycles. The topological polar surface area (TPSA) is 99.7 Å². The quantitative estimate of drug-likeness (QED) is 0.736. The van der Waals surface area contributed by atoms with Crippen molar-refractivity contribution in [3.8, 4) is 0 Å². The lowest BCUT2D eigenvalue weighted by Crippen LogP contribution is -2.33. The van der Waals surface area contributed by atoms with Crippen LogP contribution in [0.3, 0.4) is 0 Å². The molecular weight excluding hydrogens is 260 g/mol. The fraction of sp³-hybridized carbons (Fsp3) is 0.231. The number of hydrazone groups is 1. The number of amides is 3. The number of benzene rings is 1. The molecule has 0 saturated heterocycles. The van der Waals surface area contributed by atoms with E-state index in [0.717, 1.165) is 0 Å². The summed E-state index contributed by atoms with van der Waals surface area (Å²) >= 11 is 0. The van der Waals surface area contributed by atoms with Crippen LogP contribution in [0.5, 0.6) is 0 Å². The van der Waals surface area contributed by atoms with Gasteiger partial charge in [0.25, 0.3) is 11.8 Å². The molecule has 0 aromatic heterocycles. The molecule has 20 heavy (non-hydrogen) atoms. The van der Waals surface area contributed by atoms with Gasteiger partial charge in [-0.2, -0.15) is 5.10 Å². The van der Waals surface area contributed by atoms with E-state index in [9.17, 15) is 14.4 Å². The van der Waals surface area contributed by atoms with Crippen LogP contribution in [-0.2, 0) is 9.59 Å². The Morgan fingerprint density at radius 2 is 1.95 bits per heavy atom. The van der Waals surface area contributed by atoms with Crippen molar-refractivity contribution in [2.75, 3.05) is 12.4 Å². The molecule has 1 aromatic rings. The summed E-state index contributed by atoms with van der Waals surface area (Å²) in [6, 6.07) is 6.66. The molecule has 0 bridgehead atoms. The van der Waals surface area contributed by atoms with Crippen molar-refractivity contribution in [2.45, 2.75) is 12.8 Å². The summed E-state index contributed by atoms with van der Waals surface area (Å²) < 4.78 is 0. The van der Waals surface area contributed by atoms with Gasteiger partial charge in [-0.15, -0.1) is 0 Å². The molecule has 0 radical (unpaired) electrons. The average Bonchev–Trinajstić information content (AvgIpc) is 2.47. The van der Waals surface area contributed by atoms with E-state index >= 15 is 0 Å². The predicted octanol–water partition coefficient (Wildman–Crippen LogP) is 0.251. The van der Waals surface area contributed by atoms with E-state index in [-0.39, 0.29) is 30.4 Å². The van der Waals surface area contributed by atoms with Crippen LogP contribution in [0, 0.1) is 0 Å². The Hall–Kier alpha value is -2.70. The maximum Gasteiger partial charge on any atom is 0.271 e. The average molecular weight is 274 g/mol. The van der Waals surface area contributed by atoms with E-state index < -0.39 is 5.91 Å². The summed E-state index contributed by atoms with van der Waals surface area (Å²) in [5.41, 5.74) is 3.25. The van der Waals surface area contributed by atoms with Gasteiger partial charge >= 0.3 is 0 Å². The van der Waals surface area contributed by atoms with E-state index in [1.54, 1.807) is 24.3 Å². The lowest BCUT2D eigenvalue weighted by atomic mass is 10.1. The van der Waals surface area contributed by atoms with Crippen molar-refractivity contribution < 1.29 is 14.4 Å². The molecule has 0 unspecified atom stereocenters. The van der Waals surface area contributed by atoms with Crippen LogP contribution in [0.1, 0.15) is 23.2 Å². The molecule has 104 valence electrons. The first-order valence-corrected chi connectivity index (χ1v) is 6.09. The Morgan fingerprint density at radius 1 is 1.20 bits per heavy atom. The molecule has 7 heteroatoms. The molecule has 0 atom stereocenters. The number of rotatable bonds is 3. The zero-order chi connectivity index (χ0) is 14.5. The summed E-state index contributed by atoms with van der Waals surface area (Å²) in [5, 5.41) is 8.84. The number of nitrogens with one attached hydrogen (secondary N) is 3. The molecule has 0 spiro atoms. The number of carbonyl (C=O) groups is 3. The standard InChI is InChI=1S/C13H14N4O3/c1-14-12(19)8-4-2-3-5-9(8)15-13(20)10-6-7-11(18)17-16-10/h2-5H,6-7H2,1H3,(H,14,19)(H,15,20)(H,17,18). The third-order valence-corrected chi connectivity index (χ3v) is 2.81. The summed E-state index contributed by atoms with van der Waals surface area (Å²) in [5.74, 6) is -0.937. The maximum atomic E-state index is 12.0. The highest BCUT2D eigenvalue weighted by atomic mass is 16.2. The van der Waals surface area contributed by atoms with Gasteiger partial charge in [0.1, 0.15) is 5.71 Å². The first-order valence-electron chi connectivity index (χ1n) is 6.09. The van der Waals surface area contributed by atoms with E-state index in [1.165, 1.54) is 7.05 Å². The van der Waals surface area contributed by atoms with Gasteiger partial charge in [0, 0.05) is 19.9 Å². The van der Waals surface area contributed by atoms with Crippen LogP contribution in [0.4, 0.5) is 5.69 Å². The molecular formula is C13H14N4O3. The SMILES string of the molecule is CNC(=O)c1ccccc1NC(=O)C1=NNC(=O)CC1. The minimum Gasteiger partial charge on any atom is -0.355 e. The first kappa shape index (κ1) is 13.7. The van der Waals surface area contributed by atoms with Gasteiger partial charge in [0.05, 0.1) is 11.3 Å². The zero-order valence-corrected chi connectivity index (χ0v) is 10.9. The number of anilines is 1. The van der Waals surface area contributed by atoms with Crippen molar-refractivity contribution in [1.82, 2.24) is 10.7 Å². The third-order valence-electron chi connectivity index (χ3n) is 2.81. The summed E-state index contributed by atoms with van der Waals surface area (Å²) in [6.45, 7) is 0. The smallest absolute Gasteiger partial charge is 0.271 e. The second-order valence-electron chi connectivity index (χ2n) is 4.17. The van der Waals surface area contributed by atoms with Gasteiger partial charge in [0.2, 0.25) is 5.91 Å². The highest BCUT2D eigenvalue weighted by Crippen LogP contribution is 2.15. The van der Waals surface area contributed by atoms with Crippen molar-refractivity contribution in [1.29, 1.82) is 0 Å². The molecule has 3 amide bonds. The number of carbonyl (C=O) groups excluding carboxylic acids is 3. The molecule has 1 aromatic carbocycles. The first-order chi connectivity index (χ1) is 9.61. The second kappa shape index (κ2) is 5.96. The van der Waals surface area contributed by atoms with Crippen molar-refractivity contribution in [2.24, 2.45) is 5.10 Å². The van der Waals surface area contributed by atoms with E-state index in [4.69, 9.17) is 0 Å². The van der Waals surface area contributed by atoms with Crippen LogP contribution in [-0.4, -0.2) is 30.5 Å². The molecule has 1 heterocycles. The lowest BCUT2D eigenvalue weighted by molar-refractivity contribution is -0.121. The van der Waals surface area contributed by atoms with Gasteiger partial charge < -0.3 is 10.6 Å². The summed E-state index contributed by atoms with van der Waals surface area (Å²) in [6.07, 6.45) is 0.503. The zero-order valence-electron chi connectivity index (χ0n) is 10.9. The molecule has 7 nitrogen and oxygen atoms in total. The molecule has 0 aliphatic carbocycles. The van der Waals surface area contributed by atoms with Crippen LogP contribution < -0.4 is 16.1 Å². The Morgan fingerprint density at radius 3 is 2.60 bits per heavy atom. The van der Waals surface area contributed by atoms with Crippen LogP contribution >= 0.6 is 0 Å². The third kappa shape index (κ3) is 3.00. The van der Waals surface area contributed by atoms with Gasteiger partial charge in [-0.05, 0) is 12.1 Å². The molecule has 3 N–H and O–H groups in total. The van der Waals surface area contributed by atoms with Crippen LogP contribution in [0.15, 0.2) is 29.4 Å². The Labute approximate surface area is 115 Å². The van der Waals surface area contributed by atoms with Crippen molar-refractivity contribution in [3.05, 3.63) is 29.8 Å². The molecule has 2 rings (SSSR count). The fourth-order valence-electron chi connectivity index (χ4n) is 1.76. The number of hydrogen-bond donors (Lipinski definition) is 3. The Bertz CT molecular complexity index is 595. The van der Waals surface area contributed by atoms with Gasteiger partial charge in [-0.3, -0.25) is 14.4 Å². The van der Waals surface area contributed by atoms with E-state index in [0.29, 0.717) is 11.3 Å².